The Kier molecular flexibility index (Phi) is 11.3. The van der Waals surface area contributed by atoms with Crippen molar-refractivity contribution in [2.24, 2.45) is 0 Å². The van der Waals surface area contributed by atoms with Gasteiger partial charge in [-0.3, -0.25) is 0 Å². The molecule has 2 rings (SSSR count). The first-order valence-electron chi connectivity index (χ1n) is 6.45. The van der Waals surface area contributed by atoms with Gasteiger partial charge in [0.25, 0.3) is 0 Å². The Labute approximate surface area is 133 Å². The zero-order valence-corrected chi connectivity index (χ0v) is 13.0. The van der Waals surface area contributed by atoms with Gasteiger partial charge in [0.1, 0.15) is 0 Å². The van der Waals surface area contributed by atoms with Gasteiger partial charge in [-0.2, -0.15) is 0 Å². The van der Waals surface area contributed by atoms with Gasteiger partial charge in [0, 0.05) is 5.03 Å². The first kappa shape index (κ1) is 18.7. The molecule has 2 aromatic rings. The molecular formula is C20H21Cl. The van der Waals surface area contributed by atoms with Crippen molar-refractivity contribution < 1.29 is 0 Å². The topological polar surface area (TPSA) is 0 Å². The highest BCUT2D eigenvalue weighted by Crippen LogP contribution is 1.98. The molecule has 0 atom stereocenters. The molecule has 0 spiro atoms. The Bertz CT molecular complexity index is 495. The van der Waals surface area contributed by atoms with Crippen LogP contribution in [0.4, 0.5) is 0 Å². The summed E-state index contributed by atoms with van der Waals surface area (Å²) in [7, 11) is 0. The minimum Gasteiger partial charge on any atom is -0.0985 e. The van der Waals surface area contributed by atoms with E-state index < -0.39 is 0 Å². The van der Waals surface area contributed by atoms with Crippen LogP contribution in [-0.2, 0) is 0 Å². The lowest BCUT2D eigenvalue weighted by Crippen LogP contribution is -1.63. The van der Waals surface area contributed by atoms with Crippen molar-refractivity contribution in [2.75, 3.05) is 0 Å². The standard InChI is InChI=1S/2C8H8.C4H5Cl/c2*1-2-8-6-4-3-5-7-8;1-3-4(2)5/h2*2-7H,1H2;3H,1-2H2. The first-order valence-corrected chi connectivity index (χ1v) is 6.83. The fourth-order valence-corrected chi connectivity index (χ4v) is 1.18. The quantitative estimate of drug-likeness (QED) is 0.561. The Balaban J connectivity index is 0.000000296. The third-order valence-corrected chi connectivity index (χ3v) is 2.45. The molecular weight excluding hydrogens is 276 g/mol. The van der Waals surface area contributed by atoms with Gasteiger partial charge in [0.2, 0.25) is 0 Å². The summed E-state index contributed by atoms with van der Waals surface area (Å²) in [5.41, 5.74) is 2.35. The summed E-state index contributed by atoms with van der Waals surface area (Å²) in [6.07, 6.45) is 5.15. The molecule has 21 heavy (non-hydrogen) atoms. The van der Waals surface area contributed by atoms with E-state index in [1.807, 2.05) is 72.8 Å². The molecule has 0 aliphatic heterocycles. The highest BCUT2D eigenvalue weighted by atomic mass is 35.5. The second kappa shape index (κ2) is 12.7. The van der Waals surface area contributed by atoms with E-state index >= 15 is 0 Å². The normalized spacial score (nSPS) is 8.05. The van der Waals surface area contributed by atoms with Crippen LogP contribution in [0.5, 0.6) is 0 Å². The van der Waals surface area contributed by atoms with Crippen LogP contribution in [-0.4, -0.2) is 0 Å². The van der Waals surface area contributed by atoms with Gasteiger partial charge < -0.3 is 0 Å². The van der Waals surface area contributed by atoms with E-state index in [2.05, 4.69) is 26.3 Å². The van der Waals surface area contributed by atoms with Crippen LogP contribution in [0.15, 0.2) is 98.1 Å². The molecule has 0 aliphatic carbocycles. The molecule has 0 radical (unpaired) electrons. The van der Waals surface area contributed by atoms with E-state index in [4.69, 9.17) is 11.6 Å². The zero-order valence-electron chi connectivity index (χ0n) is 12.2. The largest absolute Gasteiger partial charge is 0.0985 e. The molecule has 0 heterocycles. The van der Waals surface area contributed by atoms with Gasteiger partial charge in [0.05, 0.1) is 0 Å². The molecule has 0 nitrogen and oxygen atoms in total. The van der Waals surface area contributed by atoms with Crippen molar-refractivity contribution in [3.8, 4) is 0 Å². The molecule has 0 aliphatic rings. The third-order valence-electron chi connectivity index (χ3n) is 2.29. The summed E-state index contributed by atoms with van der Waals surface area (Å²) >= 11 is 5.15. The van der Waals surface area contributed by atoms with Crippen LogP contribution in [0.2, 0.25) is 0 Å². The van der Waals surface area contributed by atoms with Gasteiger partial charge >= 0.3 is 0 Å². The van der Waals surface area contributed by atoms with Crippen LogP contribution in [0.1, 0.15) is 11.1 Å². The maximum absolute atomic E-state index is 5.15. The summed E-state index contributed by atoms with van der Waals surface area (Å²) in [5, 5.41) is 0.491. The molecule has 0 amide bonds. The number of allylic oxidation sites excluding steroid dienone is 2. The van der Waals surface area contributed by atoms with Crippen LogP contribution in [0, 0.1) is 0 Å². The van der Waals surface area contributed by atoms with Crippen LogP contribution < -0.4 is 0 Å². The molecule has 0 unspecified atom stereocenters. The maximum atomic E-state index is 5.15. The summed E-state index contributed by atoms with van der Waals surface area (Å²) in [4.78, 5) is 0. The molecule has 2 aromatic carbocycles. The smallest absolute Gasteiger partial charge is 0.0328 e. The van der Waals surface area contributed by atoms with Crippen molar-refractivity contribution in [3.05, 3.63) is 109 Å². The van der Waals surface area contributed by atoms with Gasteiger partial charge in [-0.15, -0.1) is 0 Å². The van der Waals surface area contributed by atoms with Gasteiger partial charge in [0.15, 0.2) is 0 Å². The lowest BCUT2D eigenvalue weighted by Gasteiger charge is -1.85. The van der Waals surface area contributed by atoms with Crippen molar-refractivity contribution >= 4 is 23.8 Å². The highest BCUT2D eigenvalue weighted by Gasteiger charge is 1.76. The molecule has 0 N–H and O–H groups in total. The fraction of sp³-hybridized carbons (Fsp3) is 0. The van der Waals surface area contributed by atoms with Crippen LogP contribution in [0.25, 0.3) is 12.2 Å². The fourth-order valence-electron chi connectivity index (χ4n) is 1.18. The molecule has 1 heteroatoms. The molecule has 0 saturated carbocycles. The van der Waals surface area contributed by atoms with Crippen LogP contribution in [0.3, 0.4) is 0 Å². The van der Waals surface area contributed by atoms with Gasteiger partial charge in [-0.1, -0.05) is 117 Å². The second-order valence-corrected chi connectivity index (χ2v) is 4.37. The number of hydrogen-bond donors (Lipinski definition) is 0. The molecule has 108 valence electrons. The molecule has 0 aromatic heterocycles. The lowest BCUT2D eigenvalue weighted by molar-refractivity contribution is 1.67. The van der Waals surface area contributed by atoms with Crippen molar-refractivity contribution in [3.63, 3.8) is 0 Å². The first-order chi connectivity index (χ1) is 10.1. The van der Waals surface area contributed by atoms with E-state index in [1.165, 1.54) is 17.2 Å². The number of benzene rings is 2. The van der Waals surface area contributed by atoms with Gasteiger partial charge in [-0.05, 0) is 11.1 Å². The Morgan fingerprint density at radius 3 is 1.14 bits per heavy atom. The van der Waals surface area contributed by atoms with Crippen molar-refractivity contribution in [1.82, 2.24) is 0 Å². The third kappa shape index (κ3) is 11.2. The van der Waals surface area contributed by atoms with E-state index in [0.29, 0.717) is 5.03 Å². The number of rotatable bonds is 3. The summed E-state index contributed by atoms with van der Waals surface area (Å²) < 4.78 is 0. The average Bonchev–Trinajstić information content (AvgIpc) is 2.57. The number of hydrogen-bond acceptors (Lipinski definition) is 0. The summed E-state index contributed by atoms with van der Waals surface area (Å²) in [5.74, 6) is 0. The minimum absolute atomic E-state index is 0.491. The highest BCUT2D eigenvalue weighted by molar-refractivity contribution is 6.30. The minimum atomic E-state index is 0.491. The van der Waals surface area contributed by atoms with Crippen molar-refractivity contribution in [2.45, 2.75) is 0 Å². The van der Waals surface area contributed by atoms with E-state index in [9.17, 15) is 0 Å². The summed E-state index contributed by atoms with van der Waals surface area (Å²) in [6.45, 7) is 13.9. The maximum Gasteiger partial charge on any atom is 0.0328 e. The predicted molar refractivity (Wildman–Crippen MR) is 98.3 cm³/mol. The Morgan fingerprint density at radius 1 is 0.714 bits per heavy atom. The average molecular weight is 297 g/mol. The monoisotopic (exact) mass is 296 g/mol. The second-order valence-electron chi connectivity index (χ2n) is 3.88. The van der Waals surface area contributed by atoms with Crippen molar-refractivity contribution in [1.29, 1.82) is 0 Å². The molecule has 0 fully saturated rings. The zero-order chi connectivity index (χ0) is 15.9. The lowest BCUT2D eigenvalue weighted by atomic mass is 10.2. The Hall–Kier alpha value is -2.31. The van der Waals surface area contributed by atoms with Crippen LogP contribution >= 0.6 is 11.6 Å². The number of halogens is 1. The van der Waals surface area contributed by atoms with E-state index in [-0.39, 0.29) is 0 Å². The molecule has 0 saturated heterocycles. The molecule has 0 bridgehead atoms. The summed E-state index contributed by atoms with van der Waals surface area (Å²) in [6, 6.07) is 20.1. The van der Waals surface area contributed by atoms with E-state index in [1.54, 1.807) is 0 Å². The SMILES string of the molecule is C=CC(=C)Cl.C=Cc1ccccc1.C=Cc1ccccc1. The van der Waals surface area contributed by atoms with E-state index in [0.717, 1.165) is 0 Å². The Morgan fingerprint density at radius 2 is 1.00 bits per heavy atom. The van der Waals surface area contributed by atoms with Gasteiger partial charge in [-0.25, -0.2) is 0 Å². The predicted octanol–water partition coefficient (Wildman–Crippen LogP) is 6.58.